The molecule has 0 aliphatic heterocycles. The second-order valence-electron chi connectivity index (χ2n) is 6.69. The number of methoxy groups -OCH3 is 1. The van der Waals surface area contributed by atoms with Crippen molar-refractivity contribution in [2.75, 3.05) is 19.0 Å². The van der Waals surface area contributed by atoms with Crippen molar-refractivity contribution in [1.29, 1.82) is 0 Å². The molecule has 0 aliphatic carbocycles. The van der Waals surface area contributed by atoms with Crippen molar-refractivity contribution in [2.45, 2.75) is 40.5 Å². The third-order valence-electron chi connectivity index (χ3n) is 4.40. The molecular formula is C22H25NO7. The summed E-state index contributed by atoms with van der Waals surface area (Å²) in [7, 11) is 1.47. The van der Waals surface area contributed by atoms with Crippen LogP contribution in [0.4, 0.5) is 5.88 Å². The molecule has 0 atom stereocenters. The molecule has 1 heterocycles. The normalized spacial score (nSPS) is 10.4. The number of hydrogen-bond donors (Lipinski definition) is 1. The lowest BCUT2D eigenvalue weighted by Crippen LogP contribution is -2.17. The van der Waals surface area contributed by atoms with E-state index in [1.807, 2.05) is 13.0 Å². The molecule has 0 saturated heterocycles. The number of carbonyl (C=O) groups is 4. The molecule has 0 bridgehead atoms. The fourth-order valence-electron chi connectivity index (χ4n) is 3.05. The molecule has 0 radical (unpaired) electrons. The zero-order valence-corrected chi connectivity index (χ0v) is 17.7. The Hall–Kier alpha value is -3.42. The smallest absolute Gasteiger partial charge is 0.344 e. The van der Waals surface area contributed by atoms with Crippen LogP contribution >= 0.6 is 0 Å². The Bertz CT molecular complexity index is 988. The van der Waals surface area contributed by atoms with Gasteiger partial charge in [-0.1, -0.05) is 11.6 Å². The Labute approximate surface area is 174 Å². The Balaban J connectivity index is 2.16. The maximum atomic E-state index is 12.5. The van der Waals surface area contributed by atoms with Crippen LogP contribution in [0.1, 0.15) is 69.1 Å². The van der Waals surface area contributed by atoms with Gasteiger partial charge in [-0.3, -0.25) is 19.7 Å². The van der Waals surface area contributed by atoms with E-state index in [4.69, 9.17) is 13.9 Å². The first-order chi connectivity index (χ1) is 14.2. The van der Waals surface area contributed by atoms with Gasteiger partial charge in [-0.25, -0.2) is 4.79 Å². The molecule has 0 fully saturated rings. The minimum Gasteiger partial charge on any atom is -0.496 e. The van der Waals surface area contributed by atoms with Crippen LogP contribution in [0, 0.1) is 13.8 Å². The molecule has 160 valence electrons. The maximum absolute atomic E-state index is 12.5. The molecule has 1 N–H and O–H groups in total. The average molecular weight is 415 g/mol. The minimum absolute atomic E-state index is 0.0596. The highest BCUT2D eigenvalue weighted by molar-refractivity contribution is 6.11. The number of anilines is 1. The lowest BCUT2D eigenvalue weighted by Gasteiger charge is -2.09. The summed E-state index contributed by atoms with van der Waals surface area (Å²) in [4.78, 5) is 49.1. The zero-order valence-electron chi connectivity index (χ0n) is 17.7. The lowest BCUT2D eigenvalue weighted by molar-refractivity contribution is -0.116. The van der Waals surface area contributed by atoms with Gasteiger partial charge >= 0.3 is 5.97 Å². The first-order valence-corrected chi connectivity index (χ1v) is 9.48. The van der Waals surface area contributed by atoms with E-state index in [2.05, 4.69) is 5.32 Å². The predicted octanol–water partition coefficient (Wildman–Crippen LogP) is 3.89. The van der Waals surface area contributed by atoms with E-state index in [0.29, 0.717) is 11.3 Å². The Kier molecular flexibility index (Phi) is 7.52. The summed E-state index contributed by atoms with van der Waals surface area (Å²) in [5, 5.41) is 2.47. The quantitative estimate of drug-likeness (QED) is 0.488. The molecular weight excluding hydrogens is 390 g/mol. The maximum Gasteiger partial charge on any atom is 0.344 e. The van der Waals surface area contributed by atoms with Crippen molar-refractivity contribution in [3.05, 3.63) is 46.2 Å². The van der Waals surface area contributed by atoms with Crippen LogP contribution in [0.15, 0.2) is 22.6 Å². The van der Waals surface area contributed by atoms with Gasteiger partial charge in [0, 0.05) is 12.8 Å². The van der Waals surface area contributed by atoms with Gasteiger partial charge < -0.3 is 13.9 Å². The van der Waals surface area contributed by atoms with E-state index < -0.39 is 11.9 Å². The SMILES string of the molecule is CCOC(=O)c1c(NC(=O)CCC(=O)c2cc(C)ccc2OC)oc(C)c1C(C)=O. The van der Waals surface area contributed by atoms with Gasteiger partial charge in [-0.05, 0) is 39.8 Å². The van der Waals surface area contributed by atoms with Crippen molar-refractivity contribution in [2.24, 2.45) is 0 Å². The third-order valence-corrected chi connectivity index (χ3v) is 4.40. The first kappa shape index (κ1) is 22.9. The predicted molar refractivity (Wildman–Crippen MR) is 109 cm³/mol. The average Bonchev–Trinajstić information content (AvgIpc) is 3.02. The van der Waals surface area contributed by atoms with E-state index in [1.54, 1.807) is 19.1 Å². The fraction of sp³-hybridized carbons (Fsp3) is 0.364. The molecule has 30 heavy (non-hydrogen) atoms. The highest BCUT2D eigenvalue weighted by atomic mass is 16.5. The highest BCUT2D eigenvalue weighted by Gasteiger charge is 2.28. The number of carbonyl (C=O) groups excluding carboxylic acids is 4. The van der Waals surface area contributed by atoms with Gasteiger partial charge in [-0.2, -0.15) is 0 Å². The monoisotopic (exact) mass is 415 g/mol. The molecule has 0 aliphatic rings. The molecule has 2 rings (SSSR count). The van der Waals surface area contributed by atoms with Crippen LogP contribution in [-0.2, 0) is 9.53 Å². The van der Waals surface area contributed by atoms with Crippen LogP contribution in [-0.4, -0.2) is 37.2 Å². The van der Waals surface area contributed by atoms with Crippen molar-refractivity contribution >= 4 is 29.3 Å². The summed E-state index contributed by atoms with van der Waals surface area (Å²) in [5.41, 5.74) is 1.22. The van der Waals surface area contributed by atoms with Crippen LogP contribution < -0.4 is 10.1 Å². The summed E-state index contributed by atoms with van der Waals surface area (Å²) in [6.07, 6.45) is -0.215. The number of rotatable bonds is 9. The van der Waals surface area contributed by atoms with Gasteiger partial charge in [0.15, 0.2) is 11.6 Å². The van der Waals surface area contributed by atoms with Gasteiger partial charge in [0.2, 0.25) is 11.8 Å². The van der Waals surface area contributed by atoms with Crippen molar-refractivity contribution in [1.82, 2.24) is 0 Å². The number of ether oxygens (including phenoxy) is 2. The summed E-state index contributed by atoms with van der Waals surface area (Å²) < 4.78 is 15.6. The summed E-state index contributed by atoms with van der Waals surface area (Å²) in [6.45, 7) is 6.39. The van der Waals surface area contributed by atoms with Gasteiger partial charge in [0.05, 0.1) is 24.8 Å². The topological polar surface area (TPSA) is 112 Å². The first-order valence-electron chi connectivity index (χ1n) is 9.48. The van der Waals surface area contributed by atoms with Gasteiger partial charge in [-0.15, -0.1) is 0 Å². The Morgan fingerprint density at radius 2 is 1.77 bits per heavy atom. The van der Waals surface area contributed by atoms with Gasteiger partial charge in [0.25, 0.3) is 0 Å². The standard InChI is InChI=1S/C22H25NO7/c1-6-29-22(27)20-19(13(3)24)14(4)30-21(20)23-18(26)10-8-16(25)15-11-12(2)7-9-17(15)28-5/h7,9,11H,6,8,10H2,1-5H3,(H,23,26). The van der Waals surface area contributed by atoms with Crippen molar-refractivity contribution in [3.8, 4) is 5.75 Å². The fourth-order valence-corrected chi connectivity index (χ4v) is 3.05. The molecule has 0 spiro atoms. The van der Waals surface area contributed by atoms with E-state index in [-0.39, 0.29) is 53.8 Å². The van der Waals surface area contributed by atoms with Crippen LogP contribution in [0.3, 0.4) is 0 Å². The molecule has 1 amide bonds. The zero-order chi connectivity index (χ0) is 22.4. The number of amides is 1. The summed E-state index contributed by atoms with van der Waals surface area (Å²) >= 11 is 0. The number of Topliss-reactive ketones (excluding diaryl/α,β-unsaturated/α-hetero) is 2. The molecule has 2 aromatic rings. The number of nitrogens with one attached hydrogen (secondary N) is 1. The second-order valence-corrected chi connectivity index (χ2v) is 6.69. The Morgan fingerprint density at radius 1 is 1.07 bits per heavy atom. The molecule has 8 nitrogen and oxygen atoms in total. The number of aryl methyl sites for hydroxylation is 2. The molecule has 8 heteroatoms. The third kappa shape index (κ3) is 5.14. The summed E-state index contributed by atoms with van der Waals surface area (Å²) in [6, 6.07) is 5.22. The largest absolute Gasteiger partial charge is 0.496 e. The van der Waals surface area contributed by atoms with Crippen molar-refractivity contribution in [3.63, 3.8) is 0 Å². The molecule has 0 unspecified atom stereocenters. The Morgan fingerprint density at radius 3 is 2.37 bits per heavy atom. The van der Waals surface area contributed by atoms with E-state index >= 15 is 0 Å². The number of furan rings is 1. The van der Waals surface area contributed by atoms with E-state index in [0.717, 1.165) is 5.56 Å². The van der Waals surface area contributed by atoms with E-state index in [9.17, 15) is 19.2 Å². The number of hydrogen-bond acceptors (Lipinski definition) is 7. The number of benzene rings is 1. The van der Waals surface area contributed by atoms with Gasteiger partial charge in [0.1, 0.15) is 17.1 Å². The highest BCUT2D eigenvalue weighted by Crippen LogP contribution is 2.29. The molecule has 0 saturated carbocycles. The van der Waals surface area contributed by atoms with Crippen LogP contribution in [0.2, 0.25) is 0 Å². The lowest BCUT2D eigenvalue weighted by atomic mass is 10.0. The minimum atomic E-state index is -0.768. The van der Waals surface area contributed by atoms with E-state index in [1.165, 1.54) is 21.0 Å². The second kappa shape index (κ2) is 9.87. The number of esters is 1. The summed E-state index contributed by atoms with van der Waals surface area (Å²) in [5.74, 6) is -1.48. The number of ketones is 2. The van der Waals surface area contributed by atoms with Crippen molar-refractivity contribution < 1.29 is 33.1 Å². The van der Waals surface area contributed by atoms with Crippen LogP contribution in [0.5, 0.6) is 5.75 Å². The van der Waals surface area contributed by atoms with Crippen LogP contribution in [0.25, 0.3) is 0 Å². The molecule has 1 aromatic carbocycles. The molecule has 1 aromatic heterocycles.